The molecule has 2 rings (SSSR count). The first kappa shape index (κ1) is 12.3. The van der Waals surface area contributed by atoms with Gasteiger partial charge in [-0.05, 0) is 25.1 Å². The Labute approximate surface area is 107 Å². The molecule has 0 unspecified atom stereocenters. The topological polar surface area (TPSA) is 65.1 Å². The van der Waals surface area contributed by atoms with Gasteiger partial charge < -0.3 is 15.8 Å². The Morgan fingerprint density at radius 3 is 3.06 bits per heavy atom. The second-order valence-electron chi connectivity index (χ2n) is 3.88. The molecule has 0 fully saturated rings. The van der Waals surface area contributed by atoms with Crippen molar-refractivity contribution in [3.05, 3.63) is 36.7 Å². The van der Waals surface area contributed by atoms with Gasteiger partial charge >= 0.3 is 0 Å². The molecule has 1 heterocycles. The maximum atomic E-state index is 5.81. The lowest BCUT2D eigenvalue weighted by Gasteiger charge is -2.11. The third kappa shape index (κ3) is 3.16. The Hall–Kier alpha value is -2.17. The van der Waals surface area contributed by atoms with Crippen molar-refractivity contribution in [2.75, 3.05) is 24.2 Å². The summed E-state index contributed by atoms with van der Waals surface area (Å²) in [6.45, 7) is 4.18. The van der Waals surface area contributed by atoms with Crippen LogP contribution in [0.2, 0.25) is 0 Å². The Morgan fingerprint density at radius 1 is 1.44 bits per heavy atom. The summed E-state index contributed by atoms with van der Waals surface area (Å²) in [6, 6.07) is 7.63. The van der Waals surface area contributed by atoms with E-state index in [0.29, 0.717) is 12.3 Å². The van der Waals surface area contributed by atoms with E-state index in [2.05, 4.69) is 10.4 Å². The molecule has 0 radical (unpaired) electrons. The zero-order chi connectivity index (χ0) is 12.8. The van der Waals surface area contributed by atoms with Crippen LogP contribution in [0.5, 0.6) is 5.75 Å². The fourth-order valence-corrected chi connectivity index (χ4v) is 1.67. The van der Waals surface area contributed by atoms with Crippen LogP contribution >= 0.6 is 0 Å². The van der Waals surface area contributed by atoms with Crippen LogP contribution in [0.3, 0.4) is 0 Å². The summed E-state index contributed by atoms with van der Waals surface area (Å²) in [5.41, 5.74) is 7.48. The standard InChI is InChI=1S/C13H18N4O/c1-2-18-13-10-11(4-5-12(13)14)15-7-9-17-8-3-6-16-17/h3-6,8,10,15H,2,7,9,14H2,1H3. The number of ether oxygens (including phenoxy) is 1. The van der Waals surface area contributed by atoms with Gasteiger partial charge in [0.25, 0.3) is 0 Å². The third-order valence-corrected chi connectivity index (χ3v) is 2.54. The molecule has 1 aromatic heterocycles. The minimum absolute atomic E-state index is 0.612. The van der Waals surface area contributed by atoms with Crippen molar-refractivity contribution in [2.24, 2.45) is 0 Å². The summed E-state index contributed by atoms with van der Waals surface area (Å²) in [7, 11) is 0. The monoisotopic (exact) mass is 246 g/mol. The minimum atomic E-state index is 0.612. The van der Waals surface area contributed by atoms with Crippen LogP contribution in [0.4, 0.5) is 11.4 Å². The molecule has 96 valence electrons. The predicted octanol–water partition coefficient (Wildman–Crippen LogP) is 1.98. The summed E-state index contributed by atoms with van der Waals surface area (Å²) < 4.78 is 7.33. The van der Waals surface area contributed by atoms with E-state index < -0.39 is 0 Å². The predicted molar refractivity (Wildman–Crippen MR) is 72.7 cm³/mol. The fraction of sp³-hybridized carbons (Fsp3) is 0.308. The number of rotatable bonds is 6. The molecular weight excluding hydrogens is 228 g/mol. The molecule has 5 heteroatoms. The lowest BCUT2D eigenvalue weighted by molar-refractivity contribution is 0.342. The number of nitrogens with one attached hydrogen (secondary N) is 1. The van der Waals surface area contributed by atoms with E-state index in [1.165, 1.54) is 0 Å². The van der Waals surface area contributed by atoms with Crippen molar-refractivity contribution in [2.45, 2.75) is 13.5 Å². The average molecular weight is 246 g/mol. The minimum Gasteiger partial charge on any atom is -0.492 e. The molecule has 1 aromatic carbocycles. The summed E-state index contributed by atoms with van der Waals surface area (Å²) in [6.07, 6.45) is 3.71. The van der Waals surface area contributed by atoms with E-state index in [1.54, 1.807) is 6.20 Å². The summed E-state index contributed by atoms with van der Waals surface area (Å²) >= 11 is 0. The van der Waals surface area contributed by atoms with Crippen molar-refractivity contribution >= 4 is 11.4 Å². The second kappa shape index (κ2) is 5.95. The number of hydrogen-bond acceptors (Lipinski definition) is 4. The molecule has 0 aliphatic heterocycles. The summed E-state index contributed by atoms with van der Waals surface area (Å²) in [5, 5.41) is 7.45. The highest BCUT2D eigenvalue weighted by Gasteiger charge is 2.01. The maximum Gasteiger partial charge on any atom is 0.144 e. The molecule has 2 aromatic rings. The first-order chi connectivity index (χ1) is 8.79. The second-order valence-corrected chi connectivity index (χ2v) is 3.88. The highest BCUT2D eigenvalue weighted by molar-refractivity contribution is 5.61. The van der Waals surface area contributed by atoms with E-state index in [-0.39, 0.29) is 0 Å². The van der Waals surface area contributed by atoms with Crippen LogP contribution in [0, 0.1) is 0 Å². The van der Waals surface area contributed by atoms with Gasteiger partial charge in [-0.15, -0.1) is 0 Å². The van der Waals surface area contributed by atoms with Gasteiger partial charge in [0.05, 0.1) is 18.8 Å². The van der Waals surface area contributed by atoms with Crippen molar-refractivity contribution in [3.63, 3.8) is 0 Å². The van der Waals surface area contributed by atoms with Crippen LogP contribution in [0.1, 0.15) is 6.92 Å². The van der Waals surface area contributed by atoms with Crippen LogP contribution in [0.25, 0.3) is 0 Å². The average Bonchev–Trinajstić information content (AvgIpc) is 2.87. The molecule has 0 spiro atoms. The first-order valence-electron chi connectivity index (χ1n) is 6.03. The van der Waals surface area contributed by atoms with Gasteiger partial charge in [0.1, 0.15) is 5.75 Å². The van der Waals surface area contributed by atoms with Crippen molar-refractivity contribution in [1.82, 2.24) is 9.78 Å². The molecule has 3 N–H and O–H groups in total. The van der Waals surface area contributed by atoms with Gasteiger partial charge in [-0.25, -0.2) is 0 Å². The zero-order valence-corrected chi connectivity index (χ0v) is 10.5. The van der Waals surface area contributed by atoms with E-state index in [4.69, 9.17) is 10.5 Å². The smallest absolute Gasteiger partial charge is 0.144 e. The third-order valence-electron chi connectivity index (χ3n) is 2.54. The molecule has 0 aliphatic rings. The lowest BCUT2D eigenvalue weighted by atomic mass is 10.2. The molecule has 0 saturated carbocycles. The van der Waals surface area contributed by atoms with Crippen LogP contribution in [-0.4, -0.2) is 22.9 Å². The number of benzene rings is 1. The SMILES string of the molecule is CCOc1cc(NCCn2cccn2)ccc1N. The van der Waals surface area contributed by atoms with E-state index in [1.807, 2.05) is 42.1 Å². The van der Waals surface area contributed by atoms with Crippen molar-refractivity contribution in [1.29, 1.82) is 0 Å². The number of nitrogens with zero attached hydrogens (tertiary/aromatic N) is 2. The first-order valence-corrected chi connectivity index (χ1v) is 6.03. The Bertz CT molecular complexity index is 482. The van der Waals surface area contributed by atoms with E-state index >= 15 is 0 Å². The Balaban J connectivity index is 1.90. The highest BCUT2D eigenvalue weighted by atomic mass is 16.5. The van der Waals surface area contributed by atoms with Crippen LogP contribution in [-0.2, 0) is 6.54 Å². The molecular formula is C13H18N4O. The largest absolute Gasteiger partial charge is 0.492 e. The van der Waals surface area contributed by atoms with Gasteiger partial charge in [-0.1, -0.05) is 0 Å². The normalized spacial score (nSPS) is 10.3. The van der Waals surface area contributed by atoms with Crippen LogP contribution < -0.4 is 15.8 Å². The lowest BCUT2D eigenvalue weighted by Crippen LogP contribution is -2.11. The van der Waals surface area contributed by atoms with Gasteiger partial charge in [-0.3, -0.25) is 4.68 Å². The van der Waals surface area contributed by atoms with Gasteiger partial charge in [0.15, 0.2) is 0 Å². The fourth-order valence-electron chi connectivity index (χ4n) is 1.67. The molecule has 0 amide bonds. The molecule has 0 bridgehead atoms. The quantitative estimate of drug-likeness (QED) is 0.765. The maximum absolute atomic E-state index is 5.81. The van der Waals surface area contributed by atoms with E-state index in [9.17, 15) is 0 Å². The summed E-state index contributed by atoms with van der Waals surface area (Å²) in [4.78, 5) is 0. The van der Waals surface area contributed by atoms with Gasteiger partial charge in [-0.2, -0.15) is 5.10 Å². The number of nitrogen functional groups attached to an aromatic ring is 1. The number of anilines is 2. The van der Waals surface area contributed by atoms with Crippen LogP contribution in [0.15, 0.2) is 36.7 Å². The Kier molecular flexibility index (Phi) is 4.06. The highest BCUT2D eigenvalue weighted by Crippen LogP contribution is 2.25. The molecule has 0 saturated heterocycles. The Morgan fingerprint density at radius 2 is 2.33 bits per heavy atom. The number of aromatic nitrogens is 2. The number of hydrogen-bond donors (Lipinski definition) is 2. The van der Waals surface area contributed by atoms with Gasteiger partial charge in [0.2, 0.25) is 0 Å². The number of nitrogens with two attached hydrogens (primary N) is 1. The molecule has 0 atom stereocenters. The molecule has 18 heavy (non-hydrogen) atoms. The summed E-state index contributed by atoms with van der Waals surface area (Å²) in [5.74, 6) is 0.724. The van der Waals surface area contributed by atoms with Gasteiger partial charge in [0, 0.05) is 30.7 Å². The van der Waals surface area contributed by atoms with Crippen molar-refractivity contribution < 1.29 is 4.74 Å². The van der Waals surface area contributed by atoms with E-state index in [0.717, 1.165) is 24.5 Å². The van der Waals surface area contributed by atoms with Crippen molar-refractivity contribution in [3.8, 4) is 5.75 Å². The molecule has 5 nitrogen and oxygen atoms in total. The molecule has 0 aliphatic carbocycles. The zero-order valence-electron chi connectivity index (χ0n) is 10.5.